The van der Waals surface area contributed by atoms with Crippen molar-refractivity contribution >= 4 is 17.9 Å². The predicted octanol–water partition coefficient (Wildman–Crippen LogP) is 23.5. The zero-order chi connectivity index (χ0) is 56.4. The van der Waals surface area contributed by atoms with Gasteiger partial charge in [-0.15, -0.1) is 0 Å². The monoisotopic (exact) mass is 1090 g/mol. The molecule has 0 fully saturated rings. The van der Waals surface area contributed by atoms with Crippen LogP contribution in [0.25, 0.3) is 0 Å². The molecule has 1 atom stereocenters. The first-order chi connectivity index (χ1) is 38.5. The van der Waals surface area contributed by atoms with E-state index in [-0.39, 0.29) is 31.1 Å². The highest BCUT2D eigenvalue weighted by atomic mass is 16.6. The Morgan fingerprint density at radius 3 is 0.795 bits per heavy atom. The Labute approximate surface area is 485 Å². The zero-order valence-corrected chi connectivity index (χ0v) is 52.2. The van der Waals surface area contributed by atoms with Crippen molar-refractivity contribution in [3.63, 3.8) is 0 Å². The van der Waals surface area contributed by atoms with E-state index in [1.807, 2.05) is 0 Å². The molecule has 0 bridgehead atoms. The number of carbonyl (C=O) groups excluding carboxylic acids is 3. The number of rotatable bonds is 63. The zero-order valence-electron chi connectivity index (χ0n) is 52.2. The normalized spacial score (nSPS) is 12.4. The molecule has 0 saturated heterocycles. The number of hydrogen-bond acceptors (Lipinski definition) is 6. The minimum absolute atomic E-state index is 0.0703. The fourth-order valence-corrected chi connectivity index (χ4v) is 10.1. The van der Waals surface area contributed by atoms with E-state index < -0.39 is 6.10 Å². The second kappa shape index (κ2) is 66.6. The number of allylic oxidation sites excluding steroid dienone is 10. The van der Waals surface area contributed by atoms with Gasteiger partial charge < -0.3 is 14.2 Å². The summed E-state index contributed by atoms with van der Waals surface area (Å²) in [6.45, 7) is 6.52. The van der Waals surface area contributed by atoms with E-state index in [9.17, 15) is 14.4 Å². The largest absolute Gasteiger partial charge is 0.462 e. The van der Waals surface area contributed by atoms with E-state index in [0.29, 0.717) is 19.3 Å². The molecule has 0 heterocycles. The molecule has 0 aromatic heterocycles. The Kier molecular flexibility index (Phi) is 64.2. The van der Waals surface area contributed by atoms with Gasteiger partial charge in [0.25, 0.3) is 0 Å². The van der Waals surface area contributed by atoms with Gasteiger partial charge in [0, 0.05) is 19.3 Å². The molecule has 1 unspecified atom stereocenters. The molecule has 0 aromatic carbocycles. The maximum atomic E-state index is 12.9. The molecule has 78 heavy (non-hydrogen) atoms. The van der Waals surface area contributed by atoms with Gasteiger partial charge in [0.15, 0.2) is 6.10 Å². The van der Waals surface area contributed by atoms with Crippen LogP contribution in [0.15, 0.2) is 60.8 Å². The highest BCUT2D eigenvalue weighted by Gasteiger charge is 2.19. The average molecular weight is 1090 g/mol. The molecule has 0 aliphatic heterocycles. The quantitative estimate of drug-likeness (QED) is 0.0261. The van der Waals surface area contributed by atoms with Crippen LogP contribution in [0.1, 0.15) is 361 Å². The molecular weight excluding hydrogens is 961 g/mol. The minimum Gasteiger partial charge on any atom is -0.462 e. The molecule has 6 nitrogen and oxygen atoms in total. The summed E-state index contributed by atoms with van der Waals surface area (Å²) in [5.74, 6) is -0.860. The van der Waals surface area contributed by atoms with E-state index in [4.69, 9.17) is 14.2 Å². The molecule has 454 valence electrons. The lowest BCUT2D eigenvalue weighted by Crippen LogP contribution is -2.30. The van der Waals surface area contributed by atoms with Crippen LogP contribution >= 0.6 is 0 Å². The molecule has 0 saturated carbocycles. The summed E-state index contributed by atoms with van der Waals surface area (Å²) in [6, 6.07) is 0. The van der Waals surface area contributed by atoms with Crippen LogP contribution in [0.2, 0.25) is 0 Å². The average Bonchev–Trinajstić information content (AvgIpc) is 3.44. The standard InChI is InChI=1S/C72H130O6/c1-4-7-10-13-16-18-20-22-24-26-28-30-32-34-36-38-40-42-44-46-48-50-52-54-56-59-62-65-71(74)77-68-69(67-76-70(73)64-61-58-15-12-9-6-3)78-72(75)66-63-60-57-55-53-51-49-47-45-43-41-39-37-35-33-31-29-27-25-23-21-19-17-14-11-8-5-2/h7,10,16,18,22,24,27-30,69H,4-6,8-9,11-15,17,19-21,23,25-26,31-68H2,1-3H3/b10-7-,18-16-,24-22-,29-27-,30-28-. The summed E-state index contributed by atoms with van der Waals surface area (Å²) >= 11 is 0. The summed E-state index contributed by atoms with van der Waals surface area (Å²) in [6.07, 6.45) is 85.7. The van der Waals surface area contributed by atoms with Crippen molar-refractivity contribution in [3.05, 3.63) is 60.8 Å². The molecule has 0 rings (SSSR count). The lowest BCUT2D eigenvalue weighted by Gasteiger charge is -2.18. The van der Waals surface area contributed by atoms with Crippen molar-refractivity contribution < 1.29 is 28.6 Å². The Hall–Kier alpha value is -2.89. The highest BCUT2D eigenvalue weighted by molar-refractivity contribution is 5.71. The molecule has 0 spiro atoms. The highest BCUT2D eigenvalue weighted by Crippen LogP contribution is 2.18. The van der Waals surface area contributed by atoms with Crippen molar-refractivity contribution in [1.29, 1.82) is 0 Å². The molecule has 0 N–H and O–H groups in total. The number of unbranched alkanes of at least 4 members (excludes halogenated alkanes) is 42. The fraction of sp³-hybridized carbons (Fsp3) is 0.819. The smallest absolute Gasteiger partial charge is 0.306 e. The summed E-state index contributed by atoms with van der Waals surface area (Å²) in [5, 5.41) is 0. The van der Waals surface area contributed by atoms with Gasteiger partial charge in [-0.25, -0.2) is 0 Å². The van der Waals surface area contributed by atoms with Crippen LogP contribution in [-0.2, 0) is 28.6 Å². The minimum atomic E-state index is -0.770. The van der Waals surface area contributed by atoms with Gasteiger partial charge in [-0.1, -0.05) is 319 Å². The SMILES string of the molecule is CC/C=C\C/C=C\C/C=C\C/C=C\CCCCCCCCCCCCCCCCC(=O)OCC(COC(=O)CCCCCCCC)OC(=O)CCCCCCCCCCCCCCCCC/C=C\CCCCCCCCCC. The predicted molar refractivity (Wildman–Crippen MR) is 339 cm³/mol. The third kappa shape index (κ3) is 63.9. The third-order valence-electron chi connectivity index (χ3n) is 15.3. The lowest BCUT2D eigenvalue weighted by atomic mass is 10.0. The van der Waals surface area contributed by atoms with Crippen LogP contribution in [0.4, 0.5) is 0 Å². The van der Waals surface area contributed by atoms with Crippen LogP contribution in [0, 0.1) is 0 Å². The van der Waals surface area contributed by atoms with Gasteiger partial charge in [0.2, 0.25) is 0 Å². The van der Waals surface area contributed by atoms with Crippen LogP contribution in [0.3, 0.4) is 0 Å². The summed E-state index contributed by atoms with van der Waals surface area (Å²) in [5.41, 5.74) is 0. The molecule has 0 aromatic rings. The summed E-state index contributed by atoms with van der Waals surface area (Å²) in [7, 11) is 0. The van der Waals surface area contributed by atoms with E-state index in [0.717, 1.165) is 83.5 Å². The summed E-state index contributed by atoms with van der Waals surface area (Å²) in [4.78, 5) is 38.1. The lowest BCUT2D eigenvalue weighted by molar-refractivity contribution is -0.167. The van der Waals surface area contributed by atoms with Gasteiger partial charge in [-0.3, -0.25) is 14.4 Å². The summed E-state index contributed by atoms with van der Waals surface area (Å²) < 4.78 is 16.9. The van der Waals surface area contributed by atoms with Crippen molar-refractivity contribution in [2.75, 3.05) is 13.2 Å². The molecule has 0 amide bonds. The molecule has 0 aliphatic carbocycles. The maximum Gasteiger partial charge on any atom is 0.306 e. The van der Waals surface area contributed by atoms with Crippen molar-refractivity contribution in [3.8, 4) is 0 Å². The van der Waals surface area contributed by atoms with Crippen molar-refractivity contribution in [2.24, 2.45) is 0 Å². The van der Waals surface area contributed by atoms with Crippen LogP contribution in [0.5, 0.6) is 0 Å². The Morgan fingerprint density at radius 2 is 0.500 bits per heavy atom. The van der Waals surface area contributed by atoms with Crippen LogP contribution < -0.4 is 0 Å². The van der Waals surface area contributed by atoms with Crippen molar-refractivity contribution in [1.82, 2.24) is 0 Å². The van der Waals surface area contributed by atoms with E-state index >= 15 is 0 Å². The number of carbonyl (C=O) groups is 3. The van der Waals surface area contributed by atoms with Crippen molar-refractivity contribution in [2.45, 2.75) is 367 Å². The van der Waals surface area contributed by atoms with Gasteiger partial charge in [0.1, 0.15) is 13.2 Å². The Bertz CT molecular complexity index is 1390. The van der Waals surface area contributed by atoms with E-state index in [1.165, 1.54) is 238 Å². The van der Waals surface area contributed by atoms with Crippen LogP contribution in [-0.4, -0.2) is 37.2 Å². The maximum absolute atomic E-state index is 12.9. The second-order valence-electron chi connectivity index (χ2n) is 23.1. The number of esters is 3. The van der Waals surface area contributed by atoms with Gasteiger partial charge in [-0.05, 0) is 83.5 Å². The first-order valence-electron chi connectivity index (χ1n) is 34.3. The molecule has 6 heteroatoms. The topological polar surface area (TPSA) is 78.9 Å². The number of ether oxygens (including phenoxy) is 3. The fourth-order valence-electron chi connectivity index (χ4n) is 10.1. The first kappa shape index (κ1) is 75.1. The Morgan fingerprint density at radius 1 is 0.269 bits per heavy atom. The molecular formula is C72H130O6. The van der Waals surface area contributed by atoms with E-state index in [1.54, 1.807) is 0 Å². The first-order valence-corrected chi connectivity index (χ1v) is 34.3. The van der Waals surface area contributed by atoms with E-state index in [2.05, 4.69) is 81.5 Å². The second-order valence-corrected chi connectivity index (χ2v) is 23.1. The number of hydrogen-bond donors (Lipinski definition) is 0. The van der Waals surface area contributed by atoms with Gasteiger partial charge in [-0.2, -0.15) is 0 Å². The Balaban J connectivity index is 4.01. The van der Waals surface area contributed by atoms with Gasteiger partial charge in [0.05, 0.1) is 0 Å². The van der Waals surface area contributed by atoms with Gasteiger partial charge >= 0.3 is 17.9 Å². The molecule has 0 radical (unpaired) electrons. The molecule has 0 aliphatic rings. The third-order valence-corrected chi connectivity index (χ3v) is 15.3.